The third-order valence-corrected chi connectivity index (χ3v) is 1.25. The Morgan fingerprint density at radius 1 is 1.36 bits per heavy atom. The Bertz CT molecular complexity index is 267. The molecule has 56 valence electrons. The number of carbonyl (C=O) groups is 1. The molecule has 0 aromatic carbocycles. The predicted octanol–water partition coefficient (Wildman–Crippen LogP) is 0.911. The summed E-state index contributed by atoms with van der Waals surface area (Å²) in [6.07, 6.45) is 3.53. The first kappa shape index (κ1) is 7.46. The number of rotatable bonds is 2. The van der Waals surface area contributed by atoms with Crippen molar-refractivity contribution < 1.29 is 4.79 Å². The fraction of sp³-hybridized carbons (Fsp3) is 0.167. The first-order valence-electron chi connectivity index (χ1n) is 2.87. The minimum Gasteiger partial charge on any atom is -0.292 e. The van der Waals surface area contributed by atoms with Gasteiger partial charge < -0.3 is 0 Å². The first-order valence-corrected chi connectivity index (χ1v) is 2.87. The SMILES string of the molecule is O=NC1=CC(=O)C(N=O)C=C1. The lowest BCUT2D eigenvalue weighted by atomic mass is 10.1. The van der Waals surface area contributed by atoms with Gasteiger partial charge in [-0.3, -0.25) is 4.79 Å². The highest BCUT2D eigenvalue weighted by Crippen LogP contribution is 2.10. The van der Waals surface area contributed by atoms with Crippen molar-refractivity contribution in [2.75, 3.05) is 0 Å². The minimum absolute atomic E-state index is 0.0231. The van der Waals surface area contributed by atoms with E-state index in [4.69, 9.17) is 0 Å². The third kappa shape index (κ3) is 1.43. The largest absolute Gasteiger partial charge is 0.292 e. The molecule has 1 unspecified atom stereocenters. The Balaban J connectivity index is 2.87. The van der Waals surface area contributed by atoms with E-state index in [1.807, 2.05) is 0 Å². The summed E-state index contributed by atoms with van der Waals surface area (Å²) in [7, 11) is 0. The molecule has 0 radical (unpaired) electrons. The average molecular weight is 152 g/mol. The van der Waals surface area contributed by atoms with Gasteiger partial charge in [0.1, 0.15) is 5.70 Å². The van der Waals surface area contributed by atoms with Crippen LogP contribution in [0.4, 0.5) is 0 Å². The number of hydrogen-bond donors (Lipinski definition) is 0. The fourth-order valence-electron chi connectivity index (χ4n) is 0.708. The van der Waals surface area contributed by atoms with Crippen LogP contribution in [0.15, 0.2) is 34.3 Å². The number of allylic oxidation sites excluding steroid dienone is 1. The van der Waals surface area contributed by atoms with Crippen molar-refractivity contribution in [1.82, 2.24) is 0 Å². The van der Waals surface area contributed by atoms with Gasteiger partial charge in [0.05, 0.1) is 0 Å². The standard InChI is InChI=1S/C6H4N2O3/c9-6-3-4(7-10)1-2-5(6)8-11/h1-3,5H. The number of carbonyl (C=O) groups excluding carboxylic acids is 1. The second-order valence-corrected chi connectivity index (χ2v) is 1.97. The maximum Gasteiger partial charge on any atom is 0.189 e. The van der Waals surface area contributed by atoms with Gasteiger partial charge in [-0.25, -0.2) is 0 Å². The van der Waals surface area contributed by atoms with Gasteiger partial charge in [-0.15, -0.1) is 9.81 Å². The summed E-state index contributed by atoms with van der Waals surface area (Å²) >= 11 is 0. The van der Waals surface area contributed by atoms with Crippen molar-refractivity contribution in [2.24, 2.45) is 10.4 Å². The van der Waals surface area contributed by atoms with E-state index in [2.05, 4.69) is 10.4 Å². The van der Waals surface area contributed by atoms with Crippen molar-refractivity contribution in [3.63, 3.8) is 0 Å². The molecule has 11 heavy (non-hydrogen) atoms. The number of ketones is 1. The molecule has 1 aliphatic rings. The van der Waals surface area contributed by atoms with Crippen LogP contribution in [-0.4, -0.2) is 11.8 Å². The molecule has 1 aliphatic carbocycles. The number of nitroso groups, excluding NO2 is 2. The van der Waals surface area contributed by atoms with Gasteiger partial charge in [0.15, 0.2) is 11.8 Å². The minimum atomic E-state index is -0.986. The summed E-state index contributed by atoms with van der Waals surface area (Å²) in [5.41, 5.74) is 0.0231. The molecule has 0 aromatic heterocycles. The second-order valence-electron chi connectivity index (χ2n) is 1.97. The summed E-state index contributed by atoms with van der Waals surface area (Å²) < 4.78 is 0. The maximum absolute atomic E-state index is 10.8. The molecule has 5 nitrogen and oxygen atoms in total. The van der Waals surface area contributed by atoms with Crippen LogP contribution in [0.25, 0.3) is 0 Å². The van der Waals surface area contributed by atoms with E-state index in [1.165, 1.54) is 12.2 Å². The van der Waals surface area contributed by atoms with E-state index >= 15 is 0 Å². The van der Waals surface area contributed by atoms with E-state index in [0.29, 0.717) is 0 Å². The maximum atomic E-state index is 10.8. The first-order chi connectivity index (χ1) is 5.27. The molecule has 0 bridgehead atoms. The summed E-state index contributed by atoms with van der Waals surface area (Å²) in [6, 6.07) is -0.986. The molecular weight excluding hydrogens is 148 g/mol. The van der Waals surface area contributed by atoms with Gasteiger partial charge in [-0.05, 0) is 17.3 Å². The van der Waals surface area contributed by atoms with Gasteiger partial charge in [0, 0.05) is 6.08 Å². The van der Waals surface area contributed by atoms with Crippen LogP contribution in [-0.2, 0) is 4.79 Å². The van der Waals surface area contributed by atoms with Crippen LogP contribution in [0, 0.1) is 9.81 Å². The zero-order chi connectivity index (χ0) is 8.27. The fourth-order valence-corrected chi connectivity index (χ4v) is 0.708. The summed E-state index contributed by atoms with van der Waals surface area (Å²) in [4.78, 5) is 30.5. The van der Waals surface area contributed by atoms with Crippen LogP contribution >= 0.6 is 0 Å². The van der Waals surface area contributed by atoms with E-state index in [0.717, 1.165) is 6.08 Å². The Morgan fingerprint density at radius 2 is 2.09 bits per heavy atom. The van der Waals surface area contributed by atoms with Crippen LogP contribution in [0.3, 0.4) is 0 Å². The van der Waals surface area contributed by atoms with Crippen LogP contribution < -0.4 is 0 Å². The van der Waals surface area contributed by atoms with Gasteiger partial charge in [0.2, 0.25) is 0 Å². The molecule has 1 atom stereocenters. The van der Waals surface area contributed by atoms with E-state index in [9.17, 15) is 14.6 Å². The average Bonchev–Trinajstić information content (AvgIpc) is 2.04. The monoisotopic (exact) mass is 152 g/mol. The molecule has 0 saturated carbocycles. The van der Waals surface area contributed by atoms with Crippen molar-refractivity contribution in [3.05, 3.63) is 33.7 Å². The molecular formula is C6H4N2O3. The van der Waals surface area contributed by atoms with E-state index < -0.39 is 11.8 Å². The van der Waals surface area contributed by atoms with Crippen molar-refractivity contribution in [1.29, 1.82) is 0 Å². The topological polar surface area (TPSA) is 75.9 Å². The molecule has 0 heterocycles. The van der Waals surface area contributed by atoms with Gasteiger partial charge in [0.25, 0.3) is 0 Å². The van der Waals surface area contributed by atoms with Crippen molar-refractivity contribution in [2.45, 2.75) is 6.04 Å². The molecule has 0 amide bonds. The normalized spacial score (nSPS) is 22.7. The molecule has 0 aromatic rings. The quantitative estimate of drug-likeness (QED) is 0.552. The Labute approximate surface area is 61.7 Å². The second kappa shape index (κ2) is 2.96. The third-order valence-electron chi connectivity index (χ3n) is 1.25. The highest BCUT2D eigenvalue weighted by molar-refractivity contribution is 5.98. The molecule has 0 aliphatic heterocycles. The summed E-state index contributed by atoms with van der Waals surface area (Å²) in [5.74, 6) is -0.503. The summed E-state index contributed by atoms with van der Waals surface area (Å²) in [6.45, 7) is 0. The zero-order valence-electron chi connectivity index (χ0n) is 5.43. The lowest BCUT2D eigenvalue weighted by Gasteiger charge is -2.02. The van der Waals surface area contributed by atoms with Crippen LogP contribution in [0.2, 0.25) is 0 Å². The molecule has 0 N–H and O–H groups in total. The summed E-state index contributed by atoms with van der Waals surface area (Å²) in [5, 5.41) is 5.05. The number of hydrogen-bond acceptors (Lipinski definition) is 5. The Morgan fingerprint density at radius 3 is 2.55 bits per heavy atom. The molecule has 0 fully saturated rings. The number of nitrogens with zero attached hydrogens (tertiary/aromatic N) is 2. The lowest BCUT2D eigenvalue weighted by Crippen LogP contribution is -2.15. The smallest absolute Gasteiger partial charge is 0.189 e. The highest BCUT2D eigenvalue weighted by atomic mass is 16.3. The molecule has 0 saturated heterocycles. The Hall–Kier alpha value is -1.65. The lowest BCUT2D eigenvalue weighted by molar-refractivity contribution is -0.114. The van der Waals surface area contributed by atoms with Crippen LogP contribution in [0.1, 0.15) is 0 Å². The van der Waals surface area contributed by atoms with Gasteiger partial charge in [-0.2, -0.15) is 0 Å². The van der Waals surface area contributed by atoms with Gasteiger partial charge >= 0.3 is 0 Å². The van der Waals surface area contributed by atoms with Crippen molar-refractivity contribution >= 4 is 5.78 Å². The molecule has 5 heteroatoms. The highest BCUT2D eigenvalue weighted by Gasteiger charge is 2.17. The predicted molar refractivity (Wildman–Crippen MR) is 37.6 cm³/mol. The van der Waals surface area contributed by atoms with E-state index in [-0.39, 0.29) is 5.70 Å². The molecule has 0 spiro atoms. The van der Waals surface area contributed by atoms with Crippen molar-refractivity contribution in [3.8, 4) is 0 Å². The van der Waals surface area contributed by atoms with Gasteiger partial charge in [-0.1, -0.05) is 5.18 Å². The zero-order valence-corrected chi connectivity index (χ0v) is 5.43. The Kier molecular flexibility index (Phi) is 2.00. The molecule has 1 rings (SSSR count). The van der Waals surface area contributed by atoms with E-state index in [1.54, 1.807) is 0 Å². The van der Waals surface area contributed by atoms with Crippen LogP contribution in [0.5, 0.6) is 0 Å².